The molecule has 2 atom stereocenters. The first kappa shape index (κ1) is 14.0. The van der Waals surface area contributed by atoms with E-state index in [0.717, 1.165) is 19.4 Å². The highest BCUT2D eigenvalue weighted by Gasteiger charge is 2.26. The van der Waals surface area contributed by atoms with Crippen LogP contribution in [0.3, 0.4) is 0 Å². The molecule has 1 aliphatic heterocycles. The van der Waals surface area contributed by atoms with E-state index in [4.69, 9.17) is 5.11 Å². The third kappa shape index (κ3) is 4.73. The molecule has 0 saturated carbocycles. The van der Waals surface area contributed by atoms with Gasteiger partial charge in [0, 0.05) is 6.54 Å². The standard InChI is InChI=1S/C12H22N2O3/c1-8(2)6-10(12(16)17)14-11(15)9-4-3-5-13-7-9/h8-10,13H,3-7H2,1-2H3,(H,14,15)(H,16,17)/t9?,10-/m1/s1. The third-order valence-electron chi connectivity index (χ3n) is 2.99. The lowest BCUT2D eigenvalue weighted by Crippen LogP contribution is -2.47. The molecular formula is C12H22N2O3. The number of hydrogen-bond donors (Lipinski definition) is 3. The summed E-state index contributed by atoms with van der Waals surface area (Å²) in [7, 11) is 0. The summed E-state index contributed by atoms with van der Waals surface area (Å²) in [4.78, 5) is 22.9. The second kappa shape index (κ2) is 6.59. The molecule has 1 aliphatic rings. The second-order valence-corrected chi connectivity index (χ2v) is 5.07. The van der Waals surface area contributed by atoms with Gasteiger partial charge in [-0.2, -0.15) is 0 Å². The second-order valence-electron chi connectivity index (χ2n) is 5.07. The van der Waals surface area contributed by atoms with Crippen molar-refractivity contribution in [3.05, 3.63) is 0 Å². The van der Waals surface area contributed by atoms with Crippen LogP contribution in [0.25, 0.3) is 0 Å². The number of carbonyl (C=O) groups is 2. The predicted octanol–water partition coefficient (Wildman–Crippen LogP) is 0.602. The Kier molecular flexibility index (Phi) is 5.41. The maximum Gasteiger partial charge on any atom is 0.326 e. The van der Waals surface area contributed by atoms with Crippen molar-refractivity contribution in [3.8, 4) is 0 Å². The molecule has 1 amide bonds. The largest absolute Gasteiger partial charge is 0.480 e. The highest BCUT2D eigenvalue weighted by molar-refractivity contribution is 5.85. The van der Waals surface area contributed by atoms with Crippen LogP contribution in [0, 0.1) is 11.8 Å². The van der Waals surface area contributed by atoms with E-state index in [1.807, 2.05) is 13.8 Å². The molecule has 5 nitrogen and oxygen atoms in total. The predicted molar refractivity (Wildman–Crippen MR) is 64.6 cm³/mol. The number of aliphatic carboxylic acids is 1. The first-order chi connectivity index (χ1) is 8.00. The molecular weight excluding hydrogens is 220 g/mol. The number of carboxylic acid groups (broad SMARTS) is 1. The molecule has 1 saturated heterocycles. The Balaban J connectivity index is 2.47. The lowest BCUT2D eigenvalue weighted by atomic mass is 9.97. The Bertz CT molecular complexity index is 273. The van der Waals surface area contributed by atoms with Gasteiger partial charge in [0.1, 0.15) is 6.04 Å². The summed E-state index contributed by atoms with van der Waals surface area (Å²) in [5, 5.41) is 14.8. The summed E-state index contributed by atoms with van der Waals surface area (Å²) in [5.74, 6) is -0.917. The third-order valence-corrected chi connectivity index (χ3v) is 2.99. The topological polar surface area (TPSA) is 78.4 Å². The molecule has 0 bridgehead atoms. The normalized spacial score (nSPS) is 22.2. The Morgan fingerprint density at radius 2 is 2.18 bits per heavy atom. The highest BCUT2D eigenvalue weighted by atomic mass is 16.4. The van der Waals surface area contributed by atoms with E-state index in [2.05, 4.69) is 10.6 Å². The van der Waals surface area contributed by atoms with E-state index >= 15 is 0 Å². The molecule has 3 N–H and O–H groups in total. The average Bonchev–Trinajstić information content (AvgIpc) is 2.28. The van der Waals surface area contributed by atoms with Crippen LogP contribution in [0.4, 0.5) is 0 Å². The number of rotatable bonds is 5. The van der Waals surface area contributed by atoms with Gasteiger partial charge in [-0.25, -0.2) is 4.79 Å². The van der Waals surface area contributed by atoms with Gasteiger partial charge in [-0.15, -0.1) is 0 Å². The highest BCUT2D eigenvalue weighted by Crippen LogP contribution is 2.11. The van der Waals surface area contributed by atoms with Gasteiger partial charge in [0.05, 0.1) is 5.92 Å². The monoisotopic (exact) mass is 242 g/mol. The summed E-state index contributed by atoms with van der Waals surface area (Å²) in [6.07, 6.45) is 2.29. The van der Waals surface area contributed by atoms with E-state index in [-0.39, 0.29) is 17.7 Å². The molecule has 0 aromatic heterocycles. The van der Waals surface area contributed by atoms with Gasteiger partial charge in [0.25, 0.3) is 0 Å². The van der Waals surface area contributed by atoms with Gasteiger partial charge in [-0.1, -0.05) is 13.8 Å². The van der Waals surface area contributed by atoms with Gasteiger partial charge in [-0.3, -0.25) is 4.79 Å². The minimum absolute atomic E-state index is 0.0854. The van der Waals surface area contributed by atoms with Gasteiger partial charge < -0.3 is 15.7 Å². The number of piperidine rings is 1. The molecule has 0 aromatic carbocycles. The number of amides is 1. The average molecular weight is 242 g/mol. The molecule has 0 aliphatic carbocycles. The molecule has 98 valence electrons. The summed E-state index contributed by atoms with van der Waals surface area (Å²) >= 11 is 0. The van der Waals surface area contributed by atoms with Crippen molar-refractivity contribution in [1.82, 2.24) is 10.6 Å². The van der Waals surface area contributed by atoms with Crippen LogP contribution in [0.1, 0.15) is 33.1 Å². The van der Waals surface area contributed by atoms with Crippen molar-refractivity contribution >= 4 is 11.9 Å². The molecule has 0 spiro atoms. The molecule has 0 radical (unpaired) electrons. The SMILES string of the molecule is CC(C)C[C@@H](NC(=O)C1CCCNC1)C(=O)O. The number of hydrogen-bond acceptors (Lipinski definition) is 3. The summed E-state index contributed by atoms with van der Waals surface area (Å²) in [5.41, 5.74) is 0. The van der Waals surface area contributed by atoms with Crippen LogP contribution in [-0.2, 0) is 9.59 Å². The summed E-state index contributed by atoms with van der Waals surface area (Å²) in [6.45, 7) is 5.49. The maximum absolute atomic E-state index is 11.9. The molecule has 0 aromatic rings. The van der Waals surface area contributed by atoms with E-state index in [1.165, 1.54) is 0 Å². The smallest absolute Gasteiger partial charge is 0.326 e. The van der Waals surface area contributed by atoms with Crippen molar-refractivity contribution in [2.75, 3.05) is 13.1 Å². The van der Waals surface area contributed by atoms with Crippen molar-refractivity contribution < 1.29 is 14.7 Å². The van der Waals surface area contributed by atoms with Crippen LogP contribution in [0.15, 0.2) is 0 Å². The van der Waals surface area contributed by atoms with Crippen LogP contribution >= 0.6 is 0 Å². The zero-order chi connectivity index (χ0) is 12.8. The van der Waals surface area contributed by atoms with Crippen molar-refractivity contribution in [2.45, 2.75) is 39.2 Å². The van der Waals surface area contributed by atoms with Gasteiger partial charge in [0.2, 0.25) is 5.91 Å². The Morgan fingerprint density at radius 3 is 2.65 bits per heavy atom. The van der Waals surface area contributed by atoms with Crippen LogP contribution < -0.4 is 10.6 Å². The number of carbonyl (C=O) groups excluding carboxylic acids is 1. The van der Waals surface area contributed by atoms with E-state index in [9.17, 15) is 9.59 Å². The molecule has 1 heterocycles. The zero-order valence-corrected chi connectivity index (χ0v) is 10.5. The minimum Gasteiger partial charge on any atom is -0.480 e. The van der Waals surface area contributed by atoms with Crippen molar-refractivity contribution in [1.29, 1.82) is 0 Å². The molecule has 1 fully saturated rings. The first-order valence-electron chi connectivity index (χ1n) is 6.24. The van der Waals surface area contributed by atoms with Gasteiger partial charge in [0.15, 0.2) is 0 Å². The molecule has 1 rings (SSSR count). The maximum atomic E-state index is 11.9. The quantitative estimate of drug-likeness (QED) is 0.659. The van der Waals surface area contributed by atoms with Crippen LogP contribution in [0.2, 0.25) is 0 Å². The van der Waals surface area contributed by atoms with Crippen LogP contribution in [-0.4, -0.2) is 36.1 Å². The van der Waals surface area contributed by atoms with Gasteiger partial charge >= 0.3 is 5.97 Å². The number of nitrogens with one attached hydrogen (secondary N) is 2. The van der Waals surface area contributed by atoms with Crippen LogP contribution in [0.5, 0.6) is 0 Å². The fourth-order valence-corrected chi connectivity index (χ4v) is 2.06. The number of carboxylic acids is 1. The van der Waals surface area contributed by atoms with Crippen molar-refractivity contribution in [2.24, 2.45) is 11.8 Å². The fourth-order valence-electron chi connectivity index (χ4n) is 2.06. The van der Waals surface area contributed by atoms with Gasteiger partial charge in [-0.05, 0) is 31.7 Å². The zero-order valence-electron chi connectivity index (χ0n) is 10.5. The Hall–Kier alpha value is -1.10. The molecule has 1 unspecified atom stereocenters. The lowest BCUT2D eigenvalue weighted by molar-refractivity contribution is -0.143. The summed E-state index contributed by atoms with van der Waals surface area (Å²) < 4.78 is 0. The summed E-state index contributed by atoms with van der Waals surface area (Å²) in [6, 6.07) is -0.760. The van der Waals surface area contributed by atoms with E-state index in [1.54, 1.807) is 0 Å². The van der Waals surface area contributed by atoms with E-state index in [0.29, 0.717) is 13.0 Å². The Labute approximate surface area is 102 Å². The Morgan fingerprint density at radius 1 is 1.47 bits per heavy atom. The molecule has 17 heavy (non-hydrogen) atoms. The first-order valence-corrected chi connectivity index (χ1v) is 6.24. The lowest BCUT2D eigenvalue weighted by Gasteiger charge is -2.24. The minimum atomic E-state index is -0.948. The van der Waals surface area contributed by atoms with E-state index < -0.39 is 12.0 Å². The molecule has 5 heteroatoms. The fraction of sp³-hybridized carbons (Fsp3) is 0.833. The van der Waals surface area contributed by atoms with Crippen molar-refractivity contribution in [3.63, 3.8) is 0 Å².